The minimum absolute atomic E-state index is 0.102. The van der Waals surface area contributed by atoms with Crippen LogP contribution in [0, 0.1) is 0 Å². The highest BCUT2D eigenvalue weighted by atomic mass is 16.6. The first-order valence-corrected chi connectivity index (χ1v) is 8.64. The smallest absolute Gasteiger partial charge is 0.407 e. The average Bonchev–Trinajstić information content (AvgIpc) is 3.12. The molecule has 134 valence electrons. The first-order valence-electron chi connectivity index (χ1n) is 8.64. The van der Waals surface area contributed by atoms with Crippen LogP contribution < -0.4 is 11.1 Å². The van der Waals surface area contributed by atoms with Gasteiger partial charge < -0.3 is 20.8 Å². The molecule has 0 saturated heterocycles. The van der Waals surface area contributed by atoms with E-state index < -0.39 is 11.5 Å². The van der Waals surface area contributed by atoms with Gasteiger partial charge in [0.2, 0.25) is 0 Å². The number of fused-ring (bicyclic) bond motifs is 1. The van der Waals surface area contributed by atoms with E-state index in [9.17, 15) is 9.59 Å². The summed E-state index contributed by atoms with van der Waals surface area (Å²) in [6.07, 6.45) is 4.21. The molecule has 2 unspecified atom stereocenters. The number of carbonyl (C=O) groups is 2. The van der Waals surface area contributed by atoms with Gasteiger partial charge in [-0.05, 0) is 63.6 Å². The largest absolute Gasteiger partial charge is 0.444 e. The average molecular weight is 343 g/mol. The van der Waals surface area contributed by atoms with Gasteiger partial charge in [0.15, 0.2) is 0 Å². The maximum absolute atomic E-state index is 12.0. The highest BCUT2D eigenvalue weighted by Gasteiger charge is 2.30. The van der Waals surface area contributed by atoms with E-state index in [0.29, 0.717) is 11.5 Å². The van der Waals surface area contributed by atoms with E-state index in [1.165, 1.54) is 5.56 Å². The lowest BCUT2D eigenvalue weighted by molar-refractivity contribution is 0.0505. The molecule has 1 aliphatic rings. The van der Waals surface area contributed by atoms with Crippen LogP contribution in [0.1, 0.15) is 61.9 Å². The zero-order chi connectivity index (χ0) is 18.2. The number of amides is 2. The normalized spacial score (nSPS) is 20.6. The maximum Gasteiger partial charge on any atom is 0.407 e. The van der Waals surface area contributed by atoms with Gasteiger partial charge in [0, 0.05) is 17.6 Å². The Kier molecular flexibility index (Phi) is 4.45. The monoisotopic (exact) mass is 343 g/mol. The highest BCUT2D eigenvalue weighted by Crippen LogP contribution is 2.38. The predicted molar refractivity (Wildman–Crippen MR) is 96.6 cm³/mol. The molecule has 0 aliphatic heterocycles. The van der Waals surface area contributed by atoms with Crippen molar-refractivity contribution in [3.63, 3.8) is 0 Å². The molecule has 6 nitrogen and oxygen atoms in total. The second-order valence-electron chi connectivity index (χ2n) is 7.69. The first-order chi connectivity index (χ1) is 11.7. The van der Waals surface area contributed by atoms with Gasteiger partial charge >= 0.3 is 6.09 Å². The molecule has 3 rings (SSSR count). The summed E-state index contributed by atoms with van der Waals surface area (Å²) in [5, 5.41) is 3.99. The molecular weight excluding hydrogens is 318 g/mol. The summed E-state index contributed by atoms with van der Waals surface area (Å²) in [5.74, 6) is -0.102. The molecule has 2 aromatic rings. The Morgan fingerprint density at radius 3 is 2.68 bits per heavy atom. The van der Waals surface area contributed by atoms with Gasteiger partial charge in [0.1, 0.15) is 5.60 Å². The molecular formula is C19H25N3O3. The van der Waals surface area contributed by atoms with E-state index in [1.54, 1.807) is 6.07 Å². The summed E-state index contributed by atoms with van der Waals surface area (Å²) in [5.41, 5.74) is 7.43. The number of carbonyl (C=O) groups excluding carboxylic acids is 2. The molecule has 1 aliphatic carbocycles. The van der Waals surface area contributed by atoms with E-state index >= 15 is 0 Å². The summed E-state index contributed by atoms with van der Waals surface area (Å²) in [6, 6.07) is 5.85. The molecule has 2 atom stereocenters. The van der Waals surface area contributed by atoms with E-state index in [4.69, 9.17) is 10.5 Å². The first kappa shape index (κ1) is 17.3. The molecule has 0 bridgehead atoms. The van der Waals surface area contributed by atoms with Crippen LogP contribution in [0.3, 0.4) is 0 Å². The minimum Gasteiger partial charge on any atom is -0.444 e. The van der Waals surface area contributed by atoms with Crippen molar-refractivity contribution < 1.29 is 14.3 Å². The van der Waals surface area contributed by atoms with Gasteiger partial charge in [-0.3, -0.25) is 4.79 Å². The number of benzene rings is 1. The van der Waals surface area contributed by atoms with Gasteiger partial charge in [-0.25, -0.2) is 4.79 Å². The Morgan fingerprint density at radius 2 is 2.00 bits per heavy atom. The summed E-state index contributed by atoms with van der Waals surface area (Å²) < 4.78 is 5.33. The van der Waals surface area contributed by atoms with E-state index in [0.717, 1.165) is 30.2 Å². The number of hydrogen-bond acceptors (Lipinski definition) is 3. The molecule has 1 aromatic heterocycles. The second kappa shape index (κ2) is 6.43. The predicted octanol–water partition coefficient (Wildman–Crippen LogP) is 3.43. The van der Waals surface area contributed by atoms with E-state index in [2.05, 4.69) is 10.3 Å². The third-order valence-electron chi connectivity index (χ3n) is 4.62. The van der Waals surface area contributed by atoms with Crippen molar-refractivity contribution >= 4 is 22.9 Å². The number of H-pyrrole nitrogens is 1. The number of nitrogens with two attached hydrogens (primary N) is 1. The fourth-order valence-corrected chi connectivity index (χ4v) is 3.61. The van der Waals surface area contributed by atoms with Gasteiger partial charge in [0.05, 0.1) is 11.1 Å². The molecule has 0 radical (unpaired) electrons. The van der Waals surface area contributed by atoms with Gasteiger partial charge in [-0.2, -0.15) is 0 Å². The third kappa shape index (κ3) is 3.78. The summed E-state index contributed by atoms with van der Waals surface area (Å²) in [4.78, 5) is 26.6. The van der Waals surface area contributed by atoms with Crippen molar-refractivity contribution in [1.29, 1.82) is 0 Å². The van der Waals surface area contributed by atoms with Crippen LogP contribution in [-0.2, 0) is 4.74 Å². The van der Waals surface area contributed by atoms with Crippen LogP contribution in [0.5, 0.6) is 0 Å². The summed E-state index contributed by atoms with van der Waals surface area (Å²) >= 11 is 0. The number of primary amides is 1. The summed E-state index contributed by atoms with van der Waals surface area (Å²) in [6.45, 7) is 5.56. The lowest BCUT2D eigenvalue weighted by Gasteiger charge is -2.22. The van der Waals surface area contributed by atoms with Crippen LogP contribution in [0.2, 0.25) is 0 Å². The molecule has 1 heterocycles. The van der Waals surface area contributed by atoms with Gasteiger partial charge in [-0.15, -0.1) is 0 Å². The van der Waals surface area contributed by atoms with E-state index in [1.807, 2.05) is 39.1 Å². The molecule has 2 amide bonds. The number of aromatic amines is 1. The van der Waals surface area contributed by atoms with Crippen LogP contribution in [0.4, 0.5) is 4.79 Å². The van der Waals surface area contributed by atoms with Crippen molar-refractivity contribution in [3.8, 4) is 0 Å². The molecule has 4 N–H and O–H groups in total. The lowest BCUT2D eigenvalue weighted by atomic mass is 9.92. The number of nitrogens with one attached hydrogen (secondary N) is 2. The summed E-state index contributed by atoms with van der Waals surface area (Å²) in [7, 11) is 0. The van der Waals surface area contributed by atoms with Crippen molar-refractivity contribution in [2.45, 2.75) is 57.6 Å². The highest BCUT2D eigenvalue weighted by molar-refractivity contribution is 6.05. The molecule has 1 saturated carbocycles. The fraction of sp³-hybridized carbons (Fsp3) is 0.474. The number of ether oxygens (including phenoxy) is 1. The third-order valence-corrected chi connectivity index (χ3v) is 4.62. The SMILES string of the molecule is CC(C)(C)OC(=O)NC1CCC(c2ccc(C(N)=O)c3[nH]ccc23)C1. The van der Waals surface area contributed by atoms with Gasteiger partial charge in [-0.1, -0.05) is 6.07 Å². The van der Waals surface area contributed by atoms with Crippen LogP contribution in [0.25, 0.3) is 10.9 Å². The lowest BCUT2D eigenvalue weighted by Crippen LogP contribution is -2.37. The molecule has 25 heavy (non-hydrogen) atoms. The second-order valence-corrected chi connectivity index (χ2v) is 7.69. The number of hydrogen-bond donors (Lipinski definition) is 3. The minimum atomic E-state index is -0.496. The Morgan fingerprint density at radius 1 is 1.24 bits per heavy atom. The van der Waals surface area contributed by atoms with Crippen LogP contribution in [0.15, 0.2) is 24.4 Å². The number of aromatic nitrogens is 1. The van der Waals surface area contributed by atoms with Crippen LogP contribution in [-0.4, -0.2) is 28.6 Å². The Balaban J connectivity index is 1.74. The molecule has 6 heteroatoms. The Bertz CT molecular complexity index is 804. The van der Waals surface area contributed by atoms with Crippen molar-refractivity contribution in [2.75, 3.05) is 0 Å². The zero-order valence-electron chi connectivity index (χ0n) is 14.9. The van der Waals surface area contributed by atoms with Gasteiger partial charge in [0.25, 0.3) is 5.91 Å². The van der Waals surface area contributed by atoms with Crippen molar-refractivity contribution in [2.24, 2.45) is 5.73 Å². The Labute approximate surface area is 147 Å². The number of rotatable bonds is 3. The quantitative estimate of drug-likeness (QED) is 0.796. The Hall–Kier alpha value is -2.50. The molecule has 1 fully saturated rings. The van der Waals surface area contributed by atoms with Crippen LogP contribution >= 0.6 is 0 Å². The topological polar surface area (TPSA) is 97.2 Å². The van der Waals surface area contributed by atoms with E-state index in [-0.39, 0.29) is 12.1 Å². The standard InChI is InChI=1S/C19H25N3O3/c1-19(2,3)25-18(24)22-12-5-4-11(10-12)13-6-7-15(17(20)23)16-14(13)8-9-21-16/h6-9,11-12,21H,4-5,10H2,1-3H3,(H2,20,23)(H,22,24). The molecule has 0 spiro atoms. The van der Waals surface area contributed by atoms with Crippen molar-refractivity contribution in [1.82, 2.24) is 10.3 Å². The number of alkyl carbamates (subject to hydrolysis) is 1. The molecule has 1 aromatic carbocycles. The maximum atomic E-state index is 12.0. The zero-order valence-corrected chi connectivity index (χ0v) is 14.9. The fourth-order valence-electron chi connectivity index (χ4n) is 3.61. The van der Waals surface area contributed by atoms with Crippen molar-refractivity contribution in [3.05, 3.63) is 35.5 Å².